The Morgan fingerprint density at radius 3 is 2.13 bits per heavy atom. The van der Waals surface area contributed by atoms with E-state index in [-0.39, 0.29) is 5.82 Å². The highest BCUT2D eigenvalue weighted by Gasteiger charge is 2.36. The standard InChI is InChI=1S/C29H45F/c1-3-4-5-22-7-9-23(10-8-22)11-12-24-13-15-26-19-27(17-16-25(26)18-24)28-14-6-21(2)29(30)20-28/h6,14,20,22-27H,3-5,7-13,15-19H2,1-2H3. The number of fused-ring (bicyclic) bond motifs is 1. The lowest BCUT2D eigenvalue weighted by Crippen LogP contribution is -2.30. The first kappa shape index (κ1) is 22.3. The first-order valence-electron chi connectivity index (χ1n) is 13.4. The average molecular weight is 413 g/mol. The van der Waals surface area contributed by atoms with E-state index >= 15 is 0 Å². The van der Waals surface area contributed by atoms with Gasteiger partial charge in [-0.1, -0.05) is 83.3 Å². The minimum Gasteiger partial charge on any atom is -0.207 e. The van der Waals surface area contributed by atoms with Gasteiger partial charge in [0.25, 0.3) is 0 Å². The summed E-state index contributed by atoms with van der Waals surface area (Å²) in [6.45, 7) is 4.20. The Kier molecular flexibility index (Phi) is 7.93. The number of unbranched alkanes of at least 4 members (excludes halogenated alkanes) is 1. The van der Waals surface area contributed by atoms with Gasteiger partial charge in [-0.15, -0.1) is 0 Å². The van der Waals surface area contributed by atoms with Gasteiger partial charge in [-0.25, -0.2) is 4.39 Å². The van der Waals surface area contributed by atoms with Crippen LogP contribution < -0.4 is 0 Å². The number of hydrogen-bond donors (Lipinski definition) is 0. The molecule has 0 aliphatic heterocycles. The van der Waals surface area contributed by atoms with Crippen LogP contribution in [0.4, 0.5) is 4.39 Å². The third-order valence-electron chi connectivity index (χ3n) is 9.30. The average Bonchev–Trinajstić information content (AvgIpc) is 2.78. The Labute approximate surface area is 185 Å². The number of benzene rings is 1. The fourth-order valence-electron chi connectivity index (χ4n) is 7.19. The highest BCUT2D eigenvalue weighted by molar-refractivity contribution is 5.26. The molecule has 0 spiro atoms. The first-order chi connectivity index (χ1) is 14.6. The monoisotopic (exact) mass is 412 g/mol. The Morgan fingerprint density at radius 2 is 1.40 bits per heavy atom. The van der Waals surface area contributed by atoms with Crippen LogP contribution in [-0.2, 0) is 0 Å². The van der Waals surface area contributed by atoms with E-state index in [9.17, 15) is 4.39 Å². The minimum absolute atomic E-state index is 0.0160. The van der Waals surface area contributed by atoms with Crippen LogP contribution in [-0.4, -0.2) is 0 Å². The van der Waals surface area contributed by atoms with Crippen LogP contribution in [0.2, 0.25) is 0 Å². The Hall–Kier alpha value is -0.850. The zero-order valence-corrected chi connectivity index (χ0v) is 19.7. The van der Waals surface area contributed by atoms with E-state index in [4.69, 9.17) is 0 Å². The number of rotatable bonds is 7. The van der Waals surface area contributed by atoms with Gasteiger partial charge < -0.3 is 0 Å². The molecule has 1 heteroatoms. The maximum Gasteiger partial charge on any atom is 0.126 e. The molecular weight excluding hydrogens is 367 g/mol. The third kappa shape index (κ3) is 5.68. The molecular formula is C29H45F. The van der Waals surface area contributed by atoms with Gasteiger partial charge in [0, 0.05) is 0 Å². The fourth-order valence-corrected chi connectivity index (χ4v) is 7.19. The molecule has 3 saturated carbocycles. The number of halogens is 1. The molecule has 0 saturated heterocycles. The van der Waals surface area contributed by atoms with E-state index in [0.717, 1.165) is 35.2 Å². The summed E-state index contributed by atoms with van der Waals surface area (Å²) < 4.78 is 14.0. The predicted molar refractivity (Wildman–Crippen MR) is 126 cm³/mol. The van der Waals surface area contributed by atoms with Gasteiger partial charge in [0.15, 0.2) is 0 Å². The van der Waals surface area contributed by atoms with Crippen molar-refractivity contribution in [2.24, 2.45) is 29.6 Å². The highest BCUT2D eigenvalue weighted by Crippen LogP contribution is 2.49. The van der Waals surface area contributed by atoms with Crippen molar-refractivity contribution in [2.75, 3.05) is 0 Å². The summed E-state index contributed by atoms with van der Waals surface area (Å²) in [6, 6.07) is 5.99. The van der Waals surface area contributed by atoms with Crippen molar-refractivity contribution in [1.29, 1.82) is 0 Å². The van der Waals surface area contributed by atoms with Gasteiger partial charge in [0.05, 0.1) is 0 Å². The maximum absolute atomic E-state index is 14.0. The Balaban J connectivity index is 1.19. The molecule has 4 rings (SSSR count). The molecule has 0 bridgehead atoms. The van der Waals surface area contributed by atoms with Crippen LogP contribution in [0, 0.1) is 42.3 Å². The van der Waals surface area contributed by atoms with E-state index in [1.54, 1.807) is 0 Å². The van der Waals surface area contributed by atoms with Crippen molar-refractivity contribution < 1.29 is 4.39 Å². The van der Waals surface area contributed by atoms with Crippen LogP contribution in [0.3, 0.4) is 0 Å². The normalized spacial score (nSPS) is 34.5. The summed E-state index contributed by atoms with van der Waals surface area (Å²) in [5.41, 5.74) is 2.04. The largest absolute Gasteiger partial charge is 0.207 e. The van der Waals surface area contributed by atoms with Crippen molar-refractivity contribution in [3.63, 3.8) is 0 Å². The van der Waals surface area contributed by atoms with Crippen LogP contribution >= 0.6 is 0 Å². The molecule has 3 aliphatic rings. The molecule has 30 heavy (non-hydrogen) atoms. The smallest absolute Gasteiger partial charge is 0.126 e. The molecule has 3 fully saturated rings. The van der Waals surface area contributed by atoms with Crippen LogP contribution in [0.15, 0.2) is 18.2 Å². The molecule has 0 amide bonds. The van der Waals surface area contributed by atoms with E-state index in [1.807, 2.05) is 19.1 Å². The molecule has 3 aliphatic carbocycles. The quantitative estimate of drug-likeness (QED) is 0.418. The summed E-state index contributed by atoms with van der Waals surface area (Å²) in [5.74, 6) is 5.52. The van der Waals surface area contributed by atoms with E-state index in [0.29, 0.717) is 5.92 Å². The molecule has 168 valence electrons. The molecule has 0 aromatic heterocycles. The predicted octanol–water partition coefficient (Wildman–Crippen LogP) is 9.21. The van der Waals surface area contributed by atoms with E-state index < -0.39 is 0 Å². The summed E-state index contributed by atoms with van der Waals surface area (Å²) in [4.78, 5) is 0. The summed E-state index contributed by atoms with van der Waals surface area (Å²) in [6.07, 6.45) is 21.7. The van der Waals surface area contributed by atoms with Crippen molar-refractivity contribution in [3.8, 4) is 0 Å². The minimum atomic E-state index is -0.0160. The third-order valence-corrected chi connectivity index (χ3v) is 9.30. The first-order valence-corrected chi connectivity index (χ1v) is 13.4. The van der Waals surface area contributed by atoms with Crippen molar-refractivity contribution in [3.05, 3.63) is 35.1 Å². The van der Waals surface area contributed by atoms with Gasteiger partial charge in [-0.05, 0) is 91.7 Å². The Morgan fingerprint density at radius 1 is 0.767 bits per heavy atom. The van der Waals surface area contributed by atoms with Crippen molar-refractivity contribution in [1.82, 2.24) is 0 Å². The van der Waals surface area contributed by atoms with Gasteiger partial charge in [0.1, 0.15) is 5.82 Å². The molecule has 1 aromatic carbocycles. The lowest BCUT2D eigenvalue weighted by atomic mass is 9.63. The van der Waals surface area contributed by atoms with Crippen LogP contribution in [0.25, 0.3) is 0 Å². The SMILES string of the molecule is CCCCC1CCC(CCC2CCC3CC(c4ccc(C)c(F)c4)CCC3C2)CC1. The summed E-state index contributed by atoms with van der Waals surface area (Å²) in [5, 5.41) is 0. The molecule has 0 N–H and O–H groups in total. The second-order valence-corrected chi connectivity index (χ2v) is 11.3. The van der Waals surface area contributed by atoms with Crippen molar-refractivity contribution in [2.45, 2.75) is 116 Å². The number of aryl methyl sites for hydroxylation is 1. The van der Waals surface area contributed by atoms with Crippen molar-refractivity contribution >= 4 is 0 Å². The number of hydrogen-bond acceptors (Lipinski definition) is 0. The molecule has 0 nitrogen and oxygen atoms in total. The zero-order chi connectivity index (χ0) is 20.9. The summed E-state index contributed by atoms with van der Waals surface area (Å²) >= 11 is 0. The van der Waals surface area contributed by atoms with Gasteiger partial charge in [0.2, 0.25) is 0 Å². The van der Waals surface area contributed by atoms with Gasteiger partial charge in [-0.2, -0.15) is 0 Å². The topological polar surface area (TPSA) is 0 Å². The second-order valence-electron chi connectivity index (χ2n) is 11.3. The molecule has 1 aromatic rings. The van der Waals surface area contributed by atoms with E-state index in [2.05, 4.69) is 13.0 Å². The van der Waals surface area contributed by atoms with Gasteiger partial charge in [-0.3, -0.25) is 0 Å². The maximum atomic E-state index is 14.0. The highest BCUT2D eigenvalue weighted by atomic mass is 19.1. The second kappa shape index (κ2) is 10.6. The lowest BCUT2D eigenvalue weighted by molar-refractivity contribution is 0.108. The molecule has 4 unspecified atom stereocenters. The molecule has 4 atom stereocenters. The molecule has 0 heterocycles. The zero-order valence-electron chi connectivity index (χ0n) is 19.7. The van der Waals surface area contributed by atoms with Gasteiger partial charge >= 0.3 is 0 Å². The summed E-state index contributed by atoms with van der Waals surface area (Å²) in [7, 11) is 0. The van der Waals surface area contributed by atoms with Crippen LogP contribution in [0.5, 0.6) is 0 Å². The van der Waals surface area contributed by atoms with Crippen LogP contribution in [0.1, 0.15) is 120 Å². The van der Waals surface area contributed by atoms with E-state index in [1.165, 1.54) is 102 Å². The Bertz CT molecular complexity index is 656. The molecule has 0 radical (unpaired) electrons. The lowest BCUT2D eigenvalue weighted by Gasteiger charge is -2.43. The fraction of sp³-hybridized carbons (Fsp3) is 0.793.